The number of hydrogen-bond acceptors (Lipinski definition) is 4. The van der Waals surface area contributed by atoms with Gasteiger partial charge in [-0.3, -0.25) is 4.90 Å². The Hall–Kier alpha value is -1.72. The summed E-state index contributed by atoms with van der Waals surface area (Å²) in [7, 11) is 0. The van der Waals surface area contributed by atoms with Crippen LogP contribution in [-0.2, 0) is 11.2 Å². The van der Waals surface area contributed by atoms with Crippen LogP contribution in [0.5, 0.6) is 0 Å². The van der Waals surface area contributed by atoms with Crippen LogP contribution >= 0.6 is 0 Å². The van der Waals surface area contributed by atoms with Gasteiger partial charge in [0, 0.05) is 25.6 Å². The summed E-state index contributed by atoms with van der Waals surface area (Å²) in [4.78, 5) is 6.99. The number of hydrogen-bond donors (Lipinski definition) is 0. The highest BCUT2D eigenvalue weighted by atomic mass is 16.5. The standard InChI is InChI=1S/C18H26N4O/c1-14-4-5-15(2)17(12-14)22-18(19-13-20-22)7-6-16(3)21-8-10-23-11-9-21/h4-5,12-13,16H,6-11H2,1-3H3/t16-/m1/s1. The van der Waals surface area contributed by atoms with Crippen molar-refractivity contribution in [1.82, 2.24) is 19.7 Å². The van der Waals surface area contributed by atoms with E-state index in [2.05, 4.69) is 54.0 Å². The van der Waals surface area contributed by atoms with Crippen molar-refractivity contribution in [2.45, 2.75) is 39.7 Å². The van der Waals surface area contributed by atoms with E-state index < -0.39 is 0 Å². The molecule has 124 valence electrons. The molecule has 0 radical (unpaired) electrons. The molecule has 0 amide bonds. The van der Waals surface area contributed by atoms with Crippen molar-refractivity contribution in [2.24, 2.45) is 0 Å². The highest BCUT2D eigenvalue weighted by Gasteiger charge is 2.18. The van der Waals surface area contributed by atoms with Gasteiger partial charge in [-0.15, -0.1) is 0 Å². The summed E-state index contributed by atoms with van der Waals surface area (Å²) >= 11 is 0. The summed E-state index contributed by atoms with van der Waals surface area (Å²) in [5.74, 6) is 1.04. The molecule has 0 bridgehead atoms. The maximum Gasteiger partial charge on any atom is 0.138 e. The molecule has 1 aliphatic heterocycles. The van der Waals surface area contributed by atoms with Crippen molar-refractivity contribution in [1.29, 1.82) is 0 Å². The highest BCUT2D eigenvalue weighted by Crippen LogP contribution is 2.18. The Morgan fingerprint density at radius 1 is 1.22 bits per heavy atom. The van der Waals surface area contributed by atoms with E-state index in [1.807, 2.05) is 4.68 Å². The zero-order chi connectivity index (χ0) is 16.2. The average molecular weight is 314 g/mol. The van der Waals surface area contributed by atoms with Crippen LogP contribution in [0.2, 0.25) is 0 Å². The molecular weight excluding hydrogens is 288 g/mol. The fourth-order valence-corrected chi connectivity index (χ4v) is 3.12. The fourth-order valence-electron chi connectivity index (χ4n) is 3.12. The van der Waals surface area contributed by atoms with Gasteiger partial charge in [-0.2, -0.15) is 5.10 Å². The number of benzene rings is 1. The molecule has 0 spiro atoms. The zero-order valence-electron chi connectivity index (χ0n) is 14.3. The second-order valence-electron chi connectivity index (χ2n) is 6.41. The van der Waals surface area contributed by atoms with Gasteiger partial charge in [-0.25, -0.2) is 9.67 Å². The Morgan fingerprint density at radius 2 is 2.00 bits per heavy atom. The minimum absolute atomic E-state index is 0.544. The van der Waals surface area contributed by atoms with Gasteiger partial charge in [0.05, 0.1) is 18.9 Å². The largest absolute Gasteiger partial charge is 0.379 e. The lowest BCUT2D eigenvalue weighted by Gasteiger charge is -2.32. The van der Waals surface area contributed by atoms with Crippen molar-refractivity contribution < 1.29 is 4.74 Å². The van der Waals surface area contributed by atoms with Gasteiger partial charge in [0.25, 0.3) is 0 Å². The maximum atomic E-state index is 5.43. The topological polar surface area (TPSA) is 43.2 Å². The van der Waals surface area contributed by atoms with Crippen LogP contribution in [0.15, 0.2) is 24.5 Å². The molecule has 5 heteroatoms. The van der Waals surface area contributed by atoms with E-state index in [9.17, 15) is 0 Å². The van der Waals surface area contributed by atoms with Crippen molar-refractivity contribution >= 4 is 0 Å². The van der Waals surface area contributed by atoms with E-state index >= 15 is 0 Å². The van der Waals surface area contributed by atoms with Crippen molar-refractivity contribution in [3.8, 4) is 5.69 Å². The molecular formula is C18H26N4O. The van der Waals surface area contributed by atoms with Crippen LogP contribution in [0, 0.1) is 13.8 Å². The first-order valence-corrected chi connectivity index (χ1v) is 8.43. The van der Waals surface area contributed by atoms with Crippen LogP contribution in [-0.4, -0.2) is 52.0 Å². The Balaban J connectivity index is 1.70. The highest BCUT2D eigenvalue weighted by molar-refractivity contribution is 5.42. The summed E-state index contributed by atoms with van der Waals surface area (Å²) in [5, 5.41) is 4.45. The molecule has 3 rings (SSSR count). The number of morpholine rings is 1. The Bertz CT molecular complexity index is 646. The molecule has 1 fully saturated rings. The minimum Gasteiger partial charge on any atom is -0.379 e. The molecule has 0 N–H and O–H groups in total. The Kier molecular flexibility index (Phi) is 5.08. The number of nitrogens with zero attached hydrogens (tertiary/aromatic N) is 4. The van der Waals surface area contributed by atoms with E-state index in [4.69, 9.17) is 4.74 Å². The van der Waals surface area contributed by atoms with Gasteiger partial charge in [0.2, 0.25) is 0 Å². The lowest BCUT2D eigenvalue weighted by Crippen LogP contribution is -2.42. The third-order valence-corrected chi connectivity index (χ3v) is 4.67. The molecule has 0 aliphatic carbocycles. The van der Waals surface area contributed by atoms with Gasteiger partial charge >= 0.3 is 0 Å². The predicted molar refractivity (Wildman–Crippen MR) is 91.0 cm³/mol. The normalized spacial score (nSPS) is 17.3. The zero-order valence-corrected chi connectivity index (χ0v) is 14.3. The van der Waals surface area contributed by atoms with Crippen molar-refractivity contribution in [2.75, 3.05) is 26.3 Å². The van der Waals surface area contributed by atoms with Gasteiger partial charge in [0.15, 0.2) is 0 Å². The number of aryl methyl sites for hydroxylation is 3. The predicted octanol–water partition coefficient (Wildman–Crippen LogP) is 2.54. The first kappa shape index (κ1) is 16.1. The monoisotopic (exact) mass is 314 g/mol. The minimum atomic E-state index is 0.544. The Labute approximate surface area is 138 Å². The lowest BCUT2D eigenvalue weighted by atomic mass is 10.1. The molecule has 5 nitrogen and oxygen atoms in total. The molecule has 0 unspecified atom stereocenters. The summed E-state index contributed by atoms with van der Waals surface area (Å²) < 4.78 is 7.43. The number of rotatable bonds is 5. The molecule has 1 atom stereocenters. The van der Waals surface area contributed by atoms with Crippen molar-refractivity contribution in [3.05, 3.63) is 41.5 Å². The molecule has 1 aromatic carbocycles. The summed E-state index contributed by atoms with van der Waals surface area (Å²) in [5.41, 5.74) is 3.61. The first-order valence-electron chi connectivity index (χ1n) is 8.43. The quantitative estimate of drug-likeness (QED) is 0.850. The van der Waals surface area contributed by atoms with Crippen molar-refractivity contribution in [3.63, 3.8) is 0 Å². The third-order valence-electron chi connectivity index (χ3n) is 4.67. The van der Waals surface area contributed by atoms with Crippen LogP contribution in [0.1, 0.15) is 30.3 Å². The molecule has 1 aromatic heterocycles. The van der Waals surface area contributed by atoms with Gasteiger partial charge in [-0.05, 0) is 44.4 Å². The smallest absolute Gasteiger partial charge is 0.138 e. The Morgan fingerprint density at radius 3 is 2.78 bits per heavy atom. The summed E-state index contributed by atoms with van der Waals surface area (Å²) in [6.07, 6.45) is 3.69. The second kappa shape index (κ2) is 7.23. The van der Waals surface area contributed by atoms with E-state index in [1.54, 1.807) is 6.33 Å². The number of ether oxygens (including phenoxy) is 1. The average Bonchev–Trinajstić information content (AvgIpc) is 3.04. The summed E-state index contributed by atoms with van der Waals surface area (Å²) in [6, 6.07) is 7.00. The lowest BCUT2D eigenvalue weighted by molar-refractivity contribution is 0.0186. The van der Waals surface area contributed by atoms with Crippen LogP contribution in [0.25, 0.3) is 5.69 Å². The molecule has 1 saturated heterocycles. The molecule has 23 heavy (non-hydrogen) atoms. The third kappa shape index (κ3) is 3.79. The van der Waals surface area contributed by atoms with Crippen LogP contribution < -0.4 is 0 Å². The SMILES string of the molecule is Cc1ccc(C)c(-n2ncnc2CC[C@@H](C)N2CCOCC2)c1. The fraction of sp³-hybridized carbons (Fsp3) is 0.556. The van der Waals surface area contributed by atoms with E-state index in [-0.39, 0.29) is 0 Å². The van der Waals surface area contributed by atoms with Crippen LogP contribution in [0.4, 0.5) is 0 Å². The van der Waals surface area contributed by atoms with E-state index in [0.29, 0.717) is 6.04 Å². The van der Waals surface area contributed by atoms with Gasteiger partial charge in [-0.1, -0.05) is 12.1 Å². The molecule has 2 aromatic rings. The molecule has 2 heterocycles. The van der Waals surface area contributed by atoms with Gasteiger partial charge < -0.3 is 4.74 Å². The van der Waals surface area contributed by atoms with Crippen LogP contribution in [0.3, 0.4) is 0 Å². The molecule has 1 aliphatic rings. The first-order chi connectivity index (χ1) is 11.1. The maximum absolute atomic E-state index is 5.43. The molecule has 0 saturated carbocycles. The van der Waals surface area contributed by atoms with Gasteiger partial charge in [0.1, 0.15) is 12.2 Å². The van der Waals surface area contributed by atoms with E-state index in [0.717, 1.165) is 50.7 Å². The van der Waals surface area contributed by atoms with E-state index in [1.165, 1.54) is 11.1 Å². The number of aromatic nitrogens is 3. The second-order valence-corrected chi connectivity index (χ2v) is 6.41. The summed E-state index contributed by atoms with van der Waals surface area (Å²) in [6.45, 7) is 10.3.